The molecule has 19 heavy (non-hydrogen) atoms. The molecule has 0 unspecified atom stereocenters. The maximum atomic E-state index is 4.37. The van der Waals surface area contributed by atoms with Crippen LogP contribution < -0.4 is 4.90 Å². The molecule has 4 rings (SSSR count). The number of fused-ring (bicyclic) bond motifs is 1. The Kier molecular flexibility index (Phi) is 2.05. The van der Waals surface area contributed by atoms with Crippen molar-refractivity contribution in [1.82, 2.24) is 34.5 Å². The number of aryl methyl sites for hydroxylation is 1. The van der Waals surface area contributed by atoms with Crippen molar-refractivity contribution >= 4 is 17.0 Å². The van der Waals surface area contributed by atoms with Crippen LogP contribution in [0.4, 0.5) is 5.82 Å². The molecule has 3 aromatic rings. The van der Waals surface area contributed by atoms with Crippen molar-refractivity contribution in [2.24, 2.45) is 7.05 Å². The standard InChI is InChI=1S/C11H12N8/c1-17-7-14-9-10(17)12-6-13-11(9)18-4-8(5-18)19-15-2-3-16-19/h2-3,6-8H,4-5H2,1H3. The van der Waals surface area contributed by atoms with Crippen molar-refractivity contribution in [3.05, 3.63) is 25.0 Å². The number of hydrogen-bond donors (Lipinski definition) is 0. The molecule has 96 valence electrons. The summed E-state index contributed by atoms with van der Waals surface area (Å²) < 4.78 is 1.90. The third-order valence-electron chi connectivity index (χ3n) is 3.40. The Morgan fingerprint density at radius 2 is 1.89 bits per heavy atom. The zero-order chi connectivity index (χ0) is 12.8. The molecular weight excluding hydrogens is 244 g/mol. The molecule has 0 amide bonds. The van der Waals surface area contributed by atoms with E-state index in [-0.39, 0.29) is 0 Å². The highest BCUT2D eigenvalue weighted by Gasteiger charge is 2.32. The van der Waals surface area contributed by atoms with Gasteiger partial charge in [-0.3, -0.25) is 0 Å². The smallest absolute Gasteiger partial charge is 0.165 e. The van der Waals surface area contributed by atoms with E-state index < -0.39 is 0 Å². The third kappa shape index (κ3) is 1.49. The van der Waals surface area contributed by atoms with E-state index in [9.17, 15) is 0 Å². The molecule has 0 N–H and O–H groups in total. The van der Waals surface area contributed by atoms with E-state index in [1.165, 1.54) is 0 Å². The molecule has 0 bridgehead atoms. The van der Waals surface area contributed by atoms with Crippen molar-refractivity contribution in [3.8, 4) is 0 Å². The highest BCUT2D eigenvalue weighted by Crippen LogP contribution is 2.29. The Balaban J connectivity index is 1.63. The van der Waals surface area contributed by atoms with Gasteiger partial charge < -0.3 is 9.47 Å². The summed E-state index contributed by atoms with van der Waals surface area (Å²) in [5, 5.41) is 8.32. The molecule has 1 aliphatic heterocycles. The van der Waals surface area contributed by atoms with E-state index >= 15 is 0 Å². The number of aromatic nitrogens is 7. The Labute approximate surface area is 108 Å². The second-order valence-electron chi connectivity index (χ2n) is 4.63. The maximum Gasteiger partial charge on any atom is 0.165 e. The largest absolute Gasteiger partial charge is 0.350 e. The van der Waals surface area contributed by atoms with E-state index in [0.29, 0.717) is 6.04 Å². The van der Waals surface area contributed by atoms with Crippen LogP contribution in [-0.2, 0) is 7.05 Å². The highest BCUT2D eigenvalue weighted by molar-refractivity contribution is 5.83. The normalized spacial score (nSPS) is 15.9. The number of hydrogen-bond acceptors (Lipinski definition) is 6. The summed E-state index contributed by atoms with van der Waals surface area (Å²) in [5.41, 5.74) is 1.70. The molecular formula is C11H12N8. The Bertz CT molecular complexity index is 709. The van der Waals surface area contributed by atoms with Gasteiger partial charge in [-0.1, -0.05) is 0 Å². The Hall–Kier alpha value is -2.51. The fourth-order valence-electron chi connectivity index (χ4n) is 2.35. The molecule has 0 aromatic carbocycles. The van der Waals surface area contributed by atoms with Crippen LogP contribution in [0.25, 0.3) is 11.2 Å². The van der Waals surface area contributed by atoms with Crippen LogP contribution in [0.3, 0.4) is 0 Å². The lowest BCUT2D eigenvalue weighted by Gasteiger charge is -2.38. The van der Waals surface area contributed by atoms with Gasteiger partial charge in [0.1, 0.15) is 12.4 Å². The SMILES string of the molecule is Cn1cnc2c(N3CC(n4nccn4)C3)ncnc21. The topological polar surface area (TPSA) is 77.5 Å². The van der Waals surface area contributed by atoms with Gasteiger partial charge >= 0.3 is 0 Å². The number of nitrogens with zero attached hydrogens (tertiary/aromatic N) is 8. The lowest BCUT2D eigenvalue weighted by molar-refractivity contribution is 0.331. The minimum Gasteiger partial charge on any atom is -0.350 e. The fourth-order valence-corrected chi connectivity index (χ4v) is 2.35. The van der Waals surface area contributed by atoms with E-state index in [4.69, 9.17) is 0 Å². The van der Waals surface area contributed by atoms with Crippen molar-refractivity contribution < 1.29 is 0 Å². The second-order valence-corrected chi connectivity index (χ2v) is 4.63. The van der Waals surface area contributed by atoms with Gasteiger partial charge in [0.2, 0.25) is 0 Å². The van der Waals surface area contributed by atoms with E-state index in [1.807, 2.05) is 11.6 Å². The molecule has 8 nitrogen and oxygen atoms in total. The van der Waals surface area contributed by atoms with Crippen LogP contribution in [0.1, 0.15) is 6.04 Å². The summed E-state index contributed by atoms with van der Waals surface area (Å²) >= 11 is 0. The minimum atomic E-state index is 0.309. The van der Waals surface area contributed by atoms with Gasteiger partial charge in [0.15, 0.2) is 17.0 Å². The third-order valence-corrected chi connectivity index (χ3v) is 3.40. The first-order valence-corrected chi connectivity index (χ1v) is 6.05. The van der Waals surface area contributed by atoms with Gasteiger partial charge in [0.05, 0.1) is 18.7 Å². The lowest BCUT2D eigenvalue weighted by atomic mass is 10.1. The van der Waals surface area contributed by atoms with Crippen molar-refractivity contribution in [1.29, 1.82) is 0 Å². The molecule has 1 aliphatic rings. The van der Waals surface area contributed by atoms with Gasteiger partial charge in [-0.05, 0) is 0 Å². The first kappa shape index (κ1) is 10.4. The van der Waals surface area contributed by atoms with Gasteiger partial charge in [-0.2, -0.15) is 15.0 Å². The zero-order valence-corrected chi connectivity index (χ0v) is 10.4. The summed E-state index contributed by atoms with van der Waals surface area (Å²) in [6.45, 7) is 1.69. The second kappa shape index (κ2) is 3.74. The fraction of sp³-hybridized carbons (Fsp3) is 0.364. The van der Waals surface area contributed by atoms with Crippen molar-refractivity contribution in [2.75, 3.05) is 18.0 Å². The summed E-state index contributed by atoms with van der Waals surface area (Å²) in [6, 6.07) is 0.309. The van der Waals surface area contributed by atoms with Crippen LogP contribution in [0.2, 0.25) is 0 Å². The molecule has 0 radical (unpaired) electrons. The van der Waals surface area contributed by atoms with Crippen LogP contribution in [0.5, 0.6) is 0 Å². The molecule has 1 fully saturated rings. The summed E-state index contributed by atoms with van der Waals surface area (Å²) in [4.78, 5) is 16.9. The molecule has 0 saturated carbocycles. The summed E-state index contributed by atoms with van der Waals surface area (Å²) in [7, 11) is 1.93. The van der Waals surface area contributed by atoms with Crippen molar-refractivity contribution in [3.63, 3.8) is 0 Å². The van der Waals surface area contributed by atoms with Crippen LogP contribution >= 0.6 is 0 Å². The maximum absolute atomic E-state index is 4.37. The molecule has 4 heterocycles. The van der Waals surface area contributed by atoms with E-state index in [2.05, 4.69) is 30.0 Å². The number of imidazole rings is 1. The first-order valence-electron chi connectivity index (χ1n) is 6.05. The molecule has 0 atom stereocenters. The average Bonchev–Trinajstić information content (AvgIpc) is 2.99. The molecule has 1 saturated heterocycles. The quantitative estimate of drug-likeness (QED) is 0.643. The minimum absolute atomic E-state index is 0.309. The molecule has 0 aliphatic carbocycles. The Morgan fingerprint density at radius 1 is 1.11 bits per heavy atom. The van der Waals surface area contributed by atoms with Crippen LogP contribution in [-0.4, -0.2) is 47.6 Å². The van der Waals surface area contributed by atoms with Crippen LogP contribution in [0, 0.1) is 0 Å². The van der Waals surface area contributed by atoms with Gasteiger partial charge in [0, 0.05) is 20.1 Å². The predicted octanol–water partition coefficient (Wildman–Crippen LogP) is 0.0161. The average molecular weight is 256 g/mol. The van der Waals surface area contributed by atoms with Gasteiger partial charge in [-0.15, -0.1) is 0 Å². The van der Waals surface area contributed by atoms with Gasteiger partial charge in [-0.25, -0.2) is 15.0 Å². The molecule has 8 heteroatoms. The Morgan fingerprint density at radius 3 is 2.68 bits per heavy atom. The number of anilines is 1. The van der Waals surface area contributed by atoms with Gasteiger partial charge in [0.25, 0.3) is 0 Å². The first-order chi connectivity index (χ1) is 9.33. The number of rotatable bonds is 2. The van der Waals surface area contributed by atoms with E-state index in [0.717, 1.165) is 30.1 Å². The summed E-state index contributed by atoms with van der Waals surface area (Å²) in [6.07, 6.45) is 6.74. The van der Waals surface area contributed by atoms with Crippen LogP contribution in [0.15, 0.2) is 25.0 Å². The monoisotopic (exact) mass is 256 g/mol. The molecule has 3 aromatic heterocycles. The summed E-state index contributed by atoms with van der Waals surface area (Å²) in [5.74, 6) is 0.883. The molecule has 0 spiro atoms. The predicted molar refractivity (Wildman–Crippen MR) is 67.6 cm³/mol. The van der Waals surface area contributed by atoms with E-state index in [1.54, 1.807) is 29.8 Å². The highest BCUT2D eigenvalue weighted by atomic mass is 15.5. The zero-order valence-electron chi connectivity index (χ0n) is 10.4. The lowest BCUT2D eigenvalue weighted by Crippen LogP contribution is -2.49. The van der Waals surface area contributed by atoms with Crippen molar-refractivity contribution in [2.45, 2.75) is 6.04 Å².